The number of ketones is 1. The molecule has 2 aromatic rings. The van der Waals surface area contributed by atoms with Crippen LogP contribution in [0.5, 0.6) is 0 Å². The average molecular weight is 321 g/mol. The molecule has 0 aliphatic carbocycles. The van der Waals surface area contributed by atoms with Gasteiger partial charge in [0, 0.05) is 15.6 Å². The van der Waals surface area contributed by atoms with Gasteiger partial charge in [0.05, 0.1) is 13.2 Å². The van der Waals surface area contributed by atoms with E-state index in [1.807, 2.05) is 12.1 Å². The van der Waals surface area contributed by atoms with Crippen LogP contribution < -0.4 is 0 Å². The predicted molar refractivity (Wildman–Crippen MR) is 72.5 cm³/mol. The minimum Gasteiger partial charge on any atom is -0.372 e. The largest absolute Gasteiger partial charge is 0.372 e. The zero-order valence-electron chi connectivity index (χ0n) is 9.95. The van der Waals surface area contributed by atoms with Crippen LogP contribution in [0.1, 0.15) is 27.0 Å². The molecule has 0 saturated heterocycles. The van der Waals surface area contributed by atoms with E-state index in [0.717, 1.165) is 11.1 Å². The Labute approximate surface area is 118 Å². The Bertz CT molecular complexity index is 667. The molecule has 0 amide bonds. The summed E-state index contributed by atoms with van der Waals surface area (Å²) in [6.45, 7) is 1.12. The molecule has 0 bridgehead atoms. The highest BCUT2D eigenvalue weighted by Crippen LogP contribution is 2.25. The topological polar surface area (TPSA) is 26.3 Å². The first-order valence-corrected chi connectivity index (χ1v) is 6.64. The summed E-state index contributed by atoms with van der Waals surface area (Å²) in [6.07, 6.45) is 0. The fourth-order valence-corrected chi connectivity index (χ4v) is 2.57. The Kier molecular flexibility index (Phi) is 3.21. The molecule has 0 aromatic heterocycles. The minimum atomic E-state index is -0.420. The lowest BCUT2D eigenvalue weighted by atomic mass is 9.99. The second-order valence-corrected chi connectivity index (χ2v) is 5.28. The summed E-state index contributed by atoms with van der Waals surface area (Å²) < 4.78 is 19.2. The van der Waals surface area contributed by atoms with Crippen molar-refractivity contribution in [3.63, 3.8) is 0 Å². The second kappa shape index (κ2) is 4.87. The lowest BCUT2D eigenvalue weighted by Crippen LogP contribution is -2.04. The third kappa shape index (κ3) is 2.33. The van der Waals surface area contributed by atoms with Crippen molar-refractivity contribution in [1.82, 2.24) is 0 Å². The van der Waals surface area contributed by atoms with Crippen LogP contribution in [0.25, 0.3) is 0 Å². The molecule has 1 aliphatic rings. The first-order valence-electron chi connectivity index (χ1n) is 5.84. The number of benzene rings is 2. The fraction of sp³-hybridized carbons (Fsp3) is 0.133. The normalized spacial score (nSPS) is 13.4. The summed E-state index contributed by atoms with van der Waals surface area (Å²) in [5, 5.41) is 0. The molecule has 0 fully saturated rings. The van der Waals surface area contributed by atoms with E-state index in [2.05, 4.69) is 15.9 Å². The minimum absolute atomic E-state index is 0.193. The van der Waals surface area contributed by atoms with Crippen molar-refractivity contribution in [2.45, 2.75) is 13.2 Å². The molecule has 1 heterocycles. The highest BCUT2D eigenvalue weighted by atomic mass is 79.9. The van der Waals surface area contributed by atoms with E-state index >= 15 is 0 Å². The highest BCUT2D eigenvalue weighted by Gasteiger charge is 2.17. The average Bonchev–Trinajstić information content (AvgIpc) is 2.88. The molecule has 96 valence electrons. The Balaban J connectivity index is 2.02. The van der Waals surface area contributed by atoms with E-state index in [1.165, 1.54) is 12.1 Å². The van der Waals surface area contributed by atoms with Crippen LogP contribution in [-0.4, -0.2) is 5.78 Å². The highest BCUT2D eigenvalue weighted by molar-refractivity contribution is 9.10. The fourth-order valence-electron chi connectivity index (χ4n) is 2.14. The van der Waals surface area contributed by atoms with Crippen molar-refractivity contribution in [3.8, 4) is 0 Å². The van der Waals surface area contributed by atoms with Crippen molar-refractivity contribution < 1.29 is 13.9 Å². The van der Waals surface area contributed by atoms with Gasteiger partial charge in [0.25, 0.3) is 0 Å². The maximum absolute atomic E-state index is 13.2. The van der Waals surface area contributed by atoms with Crippen LogP contribution in [0.3, 0.4) is 0 Å². The molecule has 0 unspecified atom stereocenters. The lowest BCUT2D eigenvalue weighted by molar-refractivity contribution is 0.103. The van der Waals surface area contributed by atoms with Gasteiger partial charge in [-0.15, -0.1) is 0 Å². The molecular weight excluding hydrogens is 311 g/mol. The molecule has 4 heteroatoms. The van der Waals surface area contributed by atoms with Gasteiger partial charge in [-0.25, -0.2) is 4.39 Å². The monoisotopic (exact) mass is 320 g/mol. The van der Waals surface area contributed by atoms with Crippen LogP contribution in [0.15, 0.2) is 40.9 Å². The van der Waals surface area contributed by atoms with Crippen molar-refractivity contribution in [2.75, 3.05) is 0 Å². The third-order valence-corrected chi connectivity index (χ3v) is 3.85. The first-order chi connectivity index (χ1) is 9.15. The first kappa shape index (κ1) is 12.5. The number of fused-ring (bicyclic) bond motifs is 1. The van der Waals surface area contributed by atoms with Gasteiger partial charge < -0.3 is 4.74 Å². The summed E-state index contributed by atoms with van der Waals surface area (Å²) in [7, 11) is 0. The van der Waals surface area contributed by atoms with E-state index in [1.54, 1.807) is 12.1 Å². The van der Waals surface area contributed by atoms with Crippen LogP contribution in [0.4, 0.5) is 4.39 Å². The standard InChI is InChI=1S/C15H10BrFO2/c16-14-4-3-12(17)6-13(14)15(18)9-1-2-10-7-19-8-11(10)5-9/h1-6H,7-8H2. The predicted octanol–water partition coefficient (Wildman–Crippen LogP) is 3.85. The number of ether oxygens (including phenoxy) is 1. The maximum Gasteiger partial charge on any atom is 0.194 e. The molecule has 0 radical (unpaired) electrons. The van der Waals surface area contributed by atoms with Gasteiger partial charge in [-0.3, -0.25) is 4.79 Å². The quantitative estimate of drug-likeness (QED) is 0.786. The van der Waals surface area contributed by atoms with Crippen molar-refractivity contribution in [1.29, 1.82) is 0 Å². The molecule has 2 aromatic carbocycles. The molecule has 0 N–H and O–H groups in total. The van der Waals surface area contributed by atoms with Gasteiger partial charge in [-0.05, 0) is 35.4 Å². The molecule has 3 rings (SSSR count). The molecule has 0 saturated carbocycles. The molecule has 1 aliphatic heterocycles. The number of hydrogen-bond acceptors (Lipinski definition) is 2. The number of halogens is 2. The zero-order valence-corrected chi connectivity index (χ0v) is 11.5. The van der Waals surface area contributed by atoms with Crippen LogP contribution in [0, 0.1) is 5.82 Å². The number of carbonyl (C=O) groups is 1. The zero-order chi connectivity index (χ0) is 13.4. The molecule has 0 atom stereocenters. The Hall–Kier alpha value is -1.52. The molecular formula is C15H10BrFO2. The van der Waals surface area contributed by atoms with Crippen LogP contribution in [0.2, 0.25) is 0 Å². The molecule has 2 nitrogen and oxygen atoms in total. The number of hydrogen-bond donors (Lipinski definition) is 0. The SMILES string of the molecule is O=C(c1ccc2c(c1)COC2)c1cc(F)ccc1Br. The summed E-state index contributed by atoms with van der Waals surface area (Å²) in [5.41, 5.74) is 3.02. The van der Waals surface area contributed by atoms with E-state index in [4.69, 9.17) is 4.74 Å². The van der Waals surface area contributed by atoms with E-state index in [0.29, 0.717) is 28.8 Å². The van der Waals surface area contributed by atoms with Gasteiger partial charge in [0.1, 0.15) is 5.82 Å². The van der Waals surface area contributed by atoms with E-state index in [-0.39, 0.29) is 5.78 Å². The van der Waals surface area contributed by atoms with Gasteiger partial charge in [-0.1, -0.05) is 28.1 Å². The van der Waals surface area contributed by atoms with Crippen molar-refractivity contribution in [2.24, 2.45) is 0 Å². The van der Waals surface area contributed by atoms with Crippen molar-refractivity contribution >= 4 is 21.7 Å². The summed E-state index contributed by atoms with van der Waals surface area (Å²) >= 11 is 3.28. The third-order valence-electron chi connectivity index (χ3n) is 3.16. The Morgan fingerprint density at radius 2 is 1.89 bits per heavy atom. The Morgan fingerprint density at radius 1 is 1.11 bits per heavy atom. The number of rotatable bonds is 2. The summed E-state index contributed by atoms with van der Waals surface area (Å²) in [4.78, 5) is 12.4. The van der Waals surface area contributed by atoms with E-state index in [9.17, 15) is 9.18 Å². The van der Waals surface area contributed by atoms with E-state index < -0.39 is 5.82 Å². The smallest absolute Gasteiger partial charge is 0.194 e. The summed E-state index contributed by atoms with van der Waals surface area (Å²) in [5.74, 6) is -0.614. The molecule has 0 spiro atoms. The van der Waals surface area contributed by atoms with Crippen LogP contribution in [-0.2, 0) is 18.0 Å². The number of carbonyl (C=O) groups excluding carboxylic acids is 1. The van der Waals surface area contributed by atoms with Gasteiger partial charge >= 0.3 is 0 Å². The Morgan fingerprint density at radius 3 is 2.74 bits per heavy atom. The van der Waals surface area contributed by atoms with Gasteiger partial charge in [0.2, 0.25) is 0 Å². The van der Waals surface area contributed by atoms with Crippen LogP contribution >= 0.6 is 15.9 Å². The van der Waals surface area contributed by atoms with Crippen molar-refractivity contribution in [3.05, 3.63) is 68.9 Å². The molecule has 19 heavy (non-hydrogen) atoms. The van der Waals surface area contributed by atoms with Gasteiger partial charge in [-0.2, -0.15) is 0 Å². The maximum atomic E-state index is 13.2. The second-order valence-electron chi connectivity index (χ2n) is 4.43. The summed E-state index contributed by atoms with van der Waals surface area (Å²) in [6, 6.07) is 9.57. The lowest BCUT2D eigenvalue weighted by Gasteiger charge is -2.06. The van der Waals surface area contributed by atoms with Gasteiger partial charge in [0.15, 0.2) is 5.78 Å².